The zero-order valence-corrected chi connectivity index (χ0v) is 10.0. The fourth-order valence-electron chi connectivity index (χ4n) is 1.27. The van der Waals surface area contributed by atoms with Crippen LogP contribution >= 0.6 is 11.6 Å². The molecule has 1 N–H and O–H groups in total. The summed E-state index contributed by atoms with van der Waals surface area (Å²) in [6, 6.07) is 0. The zero-order chi connectivity index (χ0) is 10.8. The highest BCUT2D eigenvalue weighted by Crippen LogP contribution is 2.45. The summed E-state index contributed by atoms with van der Waals surface area (Å²) >= 11 is 5.83. The van der Waals surface area contributed by atoms with Crippen molar-refractivity contribution in [3.05, 3.63) is 0 Å². The summed E-state index contributed by atoms with van der Waals surface area (Å²) in [5.74, 6) is 1.34. The lowest BCUT2D eigenvalue weighted by Crippen LogP contribution is -2.36. The van der Waals surface area contributed by atoms with Gasteiger partial charge in [-0.2, -0.15) is 0 Å². The zero-order valence-electron chi connectivity index (χ0n) is 9.27. The lowest BCUT2D eigenvalue weighted by atomic mass is 9.97. The molecule has 1 aliphatic rings. The Morgan fingerprint density at radius 3 is 2.36 bits per heavy atom. The van der Waals surface area contributed by atoms with Crippen molar-refractivity contribution in [2.75, 3.05) is 12.4 Å². The smallest absolute Gasteiger partial charge is 0.223 e. The Hall–Kier alpha value is -0.240. The average molecular weight is 218 g/mol. The first-order valence-corrected chi connectivity index (χ1v) is 5.88. The molecule has 3 heteroatoms. The van der Waals surface area contributed by atoms with Crippen LogP contribution in [0.5, 0.6) is 0 Å². The van der Waals surface area contributed by atoms with Crippen molar-refractivity contribution in [2.24, 2.45) is 17.3 Å². The molecule has 0 bridgehead atoms. The van der Waals surface area contributed by atoms with Gasteiger partial charge in [-0.15, -0.1) is 11.6 Å². The Labute approximate surface area is 91.4 Å². The van der Waals surface area contributed by atoms with Crippen LogP contribution < -0.4 is 5.32 Å². The fourth-order valence-corrected chi connectivity index (χ4v) is 1.63. The molecule has 0 aromatic carbocycles. The van der Waals surface area contributed by atoms with Gasteiger partial charge in [0, 0.05) is 23.8 Å². The highest BCUT2D eigenvalue weighted by Gasteiger charge is 2.42. The number of carbonyl (C=O) groups is 1. The van der Waals surface area contributed by atoms with E-state index in [0.29, 0.717) is 11.8 Å². The minimum absolute atomic E-state index is 0.0983. The van der Waals surface area contributed by atoms with E-state index in [2.05, 4.69) is 19.2 Å². The first kappa shape index (κ1) is 11.8. The van der Waals surface area contributed by atoms with Gasteiger partial charge in [-0.25, -0.2) is 0 Å². The van der Waals surface area contributed by atoms with Crippen molar-refractivity contribution in [1.29, 1.82) is 0 Å². The topological polar surface area (TPSA) is 29.1 Å². The van der Waals surface area contributed by atoms with Crippen LogP contribution in [0.1, 0.15) is 33.6 Å². The predicted molar refractivity (Wildman–Crippen MR) is 59.4 cm³/mol. The van der Waals surface area contributed by atoms with Crippen molar-refractivity contribution >= 4 is 17.5 Å². The second-order valence-electron chi connectivity index (χ2n) is 4.88. The Morgan fingerprint density at radius 1 is 1.43 bits per heavy atom. The highest BCUT2D eigenvalue weighted by molar-refractivity contribution is 6.18. The molecule has 1 aliphatic carbocycles. The number of rotatable bonds is 5. The molecule has 0 aromatic rings. The van der Waals surface area contributed by atoms with Crippen LogP contribution in [0, 0.1) is 17.3 Å². The van der Waals surface area contributed by atoms with Gasteiger partial charge in [0.1, 0.15) is 0 Å². The van der Waals surface area contributed by atoms with E-state index in [4.69, 9.17) is 11.6 Å². The summed E-state index contributed by atoms with van der Waals surface area (Å²) in [7, 11) is 0. The molecule has 0 spiro atoms. The Bertz CT molecular complexity index is 211. The Kier molecular flexibility index (Phi) is 3.82. The van der Waals surface area contributed by atoms with E-state index in [1.165, 1.54) is 0 Å². The molecule has 1 amide bonds. The van der Waals surface area contributed by atoms with E-state index in [9.17, 15) is 4.79 Å². The van der Waals surface area contributed by atoms with Crippen LogP contribution in [-0.4, -0.2) is 18.3 Å². The molecule has 82 valence electrons. The summed E-state index contributed by atoms with van der Waals surface area (Å²) in [6.45, 7) is 6.87. The van der Waals surface area contributed by atoms with E-state index in [0.717, 1.165) is 19.4 Å². The van der Waals surface area contributed by atoms with Gasteiger partial charge in [0.15, 0.2) is 0 Å². The van der Waals surface area contributed by atoms with Crippen LogP contribution in [0.25, 0.3) is 0 Å². The lowest BCUT2D eigenvalue weighted by Gasteiger charge is -2.18. The number of carbonyl (C=O) groups excluding carboxylic acids is 1. The maximum atomic E-state index is 11.6. The van der Waals surface area contributed by atoms with E-state index in [1.54, 1.807) is 0 Å². The average Bonchev–Trinajstić information content (AvgIpc) is 2.93. The molecular formula is C11H20ClNO. The Balaban J connectivity index is 2.28. The third kappa shape index (κ3) is 2.88. The van der Waals surface area contributed by atoms with Gasteiger partial charge in [-0.3, -0.25) is 4.79 Å². The Morgan fingerprint density at radius 2 is 2.00 bits per heavy atom. The third-order valence-electron chi connectivity index (χ3n) is 3.29. The predicted octanol–water partition coefficient (Wildman–Crippen LogP) is 2.41. The molecule has 1 saturated carbocycles. The molecule has 1 fully saturated rings. The number of alkyl halides is 1. The van der Waals surface area contributed by atoms with Gasteiger partial charge in [0.2, 0.25) is 5.91 Å². The van der Waals surface area contributed by atoms with E-state index in [-0.39, 0.29) is 17.2 Å². The van der Waals surface area contributed by atoms with Crippen LogP contribution in [0.3, 0.4) is 0 Å². The van der Waals surface area contributed by atoms with Gasteiger partial charge in [0.05, 0.1) is 0 Å². The maximum absolute atomic E-state index is 11.6. The fraction of sp³-hybridized carbons (Fsp3) is 0.909. The van der Waals surface area contributed by atoms with Gasteiger partial charge in [-0.05, 0) is 18.8 Å². The normalized spacial score (nSPS) is 20.6. The minimum Gasteiger partial charge on any atom is -0.355 e. The van der Waals surface area contributed by atoms with Crippen LogP contribution in [0.2, 0.25) is 0 Å². The van der Waals surface area contributed by atoms with Crippen molar-refractivity contribution in [1.82, 2.24) is 5.32 Å². The largest absolute Gasteiger partial charge is 0.355 e. The molecule has 0 saturated heterocycles. The summed E-state index contributed by atoms with van der Waals surface area (Å²) in [5.41, 5.74) is 0.230. The molecule has 1 atom stereocenters. The quantitative estimate of drug-likeness (QED) is 0.705. The molecule has 0 radical (unpaired) electrons. The summed E-state index contributed by atoms with van der Waals surface area (Å²) < 4.78 is 0. The number of halogens is 1. The first-order chi connectivity index (χ1) is 6.51. The van der Waals surface area contributed by atoms with Crippen LogP contribution in [0.15, 0.2) is 0 Å². The number of nitrogens with one attached hydrogen (secondary N) is 1. The molecule has 0 aliphatic heterocycles. The van der Waals surface area contributed by atoms with Crippen molar-refractivity contribution in [3.63, 3.8) is 0 Å². The maximum Gasteiger partial charge on any atom is 0.223 e. The minimum atomic E-state index is 0.0983. The van der Waals surface area contributed by atoms with E-state index in [1.807, 2.05) is 6.92 Å². The van der Waals surface area contributed by atoms with Gasteiger partial charge in [-0.1, -0.05) is 20.8 Å². The number of amides is 1. The molecule has 0 aromatic heterocycles. The standard InChI is InChI=1S/C11H20ClNO/c1-8(2)9(3)10(14)13-7-11(6-12)4-5-11/h8-9H,4-7H2,1-3H3,(H,13,14). The first-order valence-electron chi connectivity index (χ1n) is 5.34. The third-order valence-corrected chi connectivity index (χ3v) is 3.86. The van der Waals surface area contributed by atoms with Gasteiger partial charge >= 0.3 is 0 Å². The number of hydrogen-bond acceptors (Lipinski definition) is 1. The molecule has 0 heterocycles. The molecule has 2 nitrogen and oxygen atoms in total. The molecular weight excluding hydrogens is 198 g/mol. The van der Waals surface area contributed by atoms with Crippen molar-refractivity contribution in [2.45, 2.75) is 33.6 Å². The van der Waals surface area contributed by atoms with Gasteiger partial charge < -0.3 is 5.32 Å². The van der Waals surface area contributed by atoms with E-state index < -0.39 is 0 Å². The monoisotopic (exact) mass is 217 g/mol. The summed E-state index contributed by atoms with van der Waals surface area (Å²) in [4.78, 5) is 11.6. The van der Waals surface area contributed by atoms with Crippen molar-refractivity contribution < 1.29 is 4.79 Å². The van der Waals surface area contributed by atoms with Gasteiger partial charge in [0.25, 0.3) is 0 Å². The molecule has 14 heavy (non-hydrogen) atoms. The number of hydrogen-bond donors (Lipinski definition) is 1. The van der Waals surface area contributed by atoms with Crippen LogP contribution in [0.4, 0.5) is 0 Å². The highest BCUT2D eigenvalue weighted by atomic mass is 35.5. The van der Waals surface area contributed by atoms with Crippen molar-refractivity contribution in [3.8, 4) is 0 Å². The summed E-state index contributed by atoms with van der Waals surface area (Å²) in [5, 5.41) is 2.99. The van der Waals surface area contributed by atoms with E-state index >= 15 is 0 Å². The summed E-state index contributed by atoms with van der Waals surface area (Å²) in [6.07, 6.45) is 2.32. The second-order valence-corrected chi connectivity index (χ2v) is 5.15. The molecule has 1 unspecified atom stereocenters. The van der Waals surface area contributed by atoms with Crippen LogP contribution in [-0.2, 0) is 4.79 Å². The second kappa shape index (κ2) is 4.52. The lowest BCUT2D eigenvalue weighted by molar-refractivity contribution is -0.125. The molecule has 1 rings (SSSR count). The SMILES string of the molecule is CC(C)C(C)C(=O)NCC1(CCl)CC1.